The van der Waals surface area contributed by atoms with Gasteiger partial charge in [-0.05, 0) is 38.4 Å². The Kier molecular flexibility index (Phi) is 8.19. The van der Waals surface area contributed by atoms with E-state index in [0.29, 0.717) is 18.1 Å². The van der Waals surface area contributed by atoms with Crippen LogP contribution in [0.5, 0.6) is 0 Å². The fraction of sp³-hybridized carbons (Fsp3) is 0.786. The van der Waals surface area contributed by atoms with Crippen molar-refractivity contribution in [3.8, 4) is 0 Å². The summed E-state index contributed by atoms with van der Waals surface area (Å²) < 4.78 is 0. The molecule has 6 nitrogen and oxygen atoms in total. The first-order valence-electron chi connectivity index (χ1n) is 7.36. The highest BCUT2D eigenvalue weighted by molar-refractivity contribution is 7.99. The average molecular weight is 316 g/mol. The Hall–Kier alpha value is -1.24. The average Bonchev–Trinajstić information content (AvgIpc) is 2.43. The minimum absolute atomic E-state index is 0.0532. The fourth-order valence-corrected chi connectivity index (χ4v) is 3.29. The lowest BCUT2D eigenvalue weighted by Gasteiger charge is -2.28. The zero-order valence-electron chi connectivity index (χ0n) is 12.4. The van der Waals surface area contributed by atoms with Gasteiger partial charge in [-0.15, -0.1) is 0 Å². The van der Waals surface area contributed by atoms with Crippen molar-refractivity contribution in [3.63, 3.8) is 0 Å². The molecule has 1 aliphatic carbocycles. The van der Waals surface area contributed by atoms with Crippen LogP contribution in [0.25, 0.3) is 0 Å². The monoisotopic (exact) mass is 316 g/mol. The number of imide groups is 1. The molecule has 0 bridgehead atoms. The Morgan fingerprint density at radius 2 is 1.90 bits per heavy atom. The summed E-state index contributed by atoms with van der Waals surface area (Å²) in [5.74, 6) is -1.22. The van der Waals surface area contributed by atoms with Gasteiger partial charge < -0.3 is 10.4 Å². The van der Waals surface area contributed by atoms with Crippen LogP contribution in [0, 0.1) is 0 Å². The molecule has 2 unspecified atom stereocenters. The summed E-state index contributed by atoms with van der Waals surface area (Å²) in [5.41, 5.74) is 0. The van der Waals surface area contributed by atoms with Crippen LogP contribution in [0.2, 0.25) is 0 Å². The Morgan fingerprint density at radius 3 is 2.57 bits per heavy atom. The van der Waals surface area contributed by atoms with Crippen LogP contribution in [-0.2, 0) is 9.59 Å². The van der Waals surface area contributed by atoms with E-state index in [9.17, 15) is 14.4 Å². The van der Waals surface area contributed by atoms with Gasteiger partial charge in [0.2, 0.25) is 5.91 Å². The number of carbonyl (C=O) groups excluding carboxylic acids is 2. The van der Waals surface area contributed by atoms with E-state index in [1.54, 1.807) is 0 Å². The second-order valence-electron chi connectivity index (χ2n) is 5.34. The summed E-state index contributed by atoms with van der Waals surface area (Å²) in [6, 6.07) is -0.305. The van der Waals surface area contributed by atoms with Crippen molar-refractivity contribution >= 4 is 29.7 Å². The summed E-state index contributed by atoms with van der Waals surface area (Å²) in [4.78, 5) is 33.6. The largest absolute Gasteiger partial charge is 0.481 e. The molecule has 0 aromatic heterocycles. The number of rotatable bonds is 7. The van der Waals surface area contributed by atoms with Gasteiger partial charge in [0.15, 0.2) is 0 Å². The van der Waals surface area contributed by atoms with Gasteiger partial charge in [-0.2, -0.15) is 11.8 Å². The predicted octanol–water partition coefficient (Wildman–Crippen LogP) is 2.13. The summed E-state index contributed by atoms with van der Waals surface area (Å²) in [7, 11) is 0. The maximum Gasteiger partial charge on any atom is 0.321 e. The highest BCUT2D eigenvalue weighted by atomic mass is 32.2. The van der Waals surface area contributed by atoms with Crippen molar-refractivity contribution in [2.75, 3.05) is 6.26 Å². The van der Waals surface area contributed by atoms with Crippen LogP contribution in [0.3, 0.4) is 0 Å². The summed E-state index contributed by atoms with van der Waals surface area (Å²) in [6.07, 6.45) is 7.41. The van der Waals surface area contributed by atoms with Crippen LogP contribution in [-0.4, -0.2) is 40.6 Å². The molecule has 0 radical (unpaired) electrons. The van der Waals surface area contributed by atoms with Gasteiger partial charge in [0.25, 0.3) is 0 Å². The molecule has 0 aromatic rings. The standard InChI is InChI=1S/C14H24N2O4S/c1-21-11-6-4-5-10(9-11)15-14(20)16-12(17)7-2-3-8-13(18)19/h10-11H,2-9H2,1H3,(H,18,19)(H2,15,16,17,20). The molecule has 0 heterocycles. The van der Waals surface area contributed by atoms with E-state index >= 15 is 0 Å². The predicted molar refractivity (Wildman–Crippen MR) is 82.3 cm³/mol. The normalized spacial score (nSPS) is 21.6. The highest BCUT2D eigenvalue weighted by Gasteiger charge is 2.22. The molecule has 3 N–H and O–H groups in total. The third-order valence-electron chi connectivity index (χ3n) is 3.59. The Labute approximate surface area is 129 Å². The smallest absolute Gasteiger partial charge is 0.321 e. The molecule has 1 fully saturated rings. The maximum absolute atomic E-state index is 11.7. The van der Waals surface area contributed by atoms with Gasteiger partial charge in [0, 0.05) is 24.1 Å². The van der Waals surface area contributed by atoms with Gasteiger partial charge in [0.1, 0.15) is 0 Å². The summed E-state index contributed by atoms with van der Waals surface area (Å²) in [5, 5.41) is 14.2. The molecule has 0 aliphatic heterocycles. The topological polar surface area (TPSA) is 95.5 Å². The van der Waals surface area contributed by atoms with Gasteiger partial charge in [-0.25, -0.2) is 4.79 Å². The third-order valence-corrected chi connectivity index (χ3v) is 4.69. The van der Waals surface area contributed by atoms with E-state index in [0.717, 1.165) is 19.3 Å². The summed E-state index contributed by atoms with van der Waals surface area (Å²) >= 11 is 1.82. The van der Waals surface area contributed by atoms with Crippen molar-refractivity contribution < 1.29 is 19.5 Å². The molecular formula is C14H24N2O4S. The van der Waals surface area contributed by atoms with Crippen LogP contribution < -0.4 is 10.6 Å². The number of urea groups is 1. The molecule has 1 rings (SSSR count). The first-order chi connectivity index (χ1) is 10.0. The molecule has 120 valence electrons. The van der Waals surface area contributed by atoms with E-state index in [2.05, 4.69) is 16.9 Å². The molecule has 1 aliphatic rings. The van der Waals surface area contributed by atoms with Crippen molar-refractivity contribution in [1.82, 2.24) is 10.6 Å². The van der Waals surface area contributed by atoms with Gasteiger partial charge in [-0.3, -0.25) is 14.9 Å². The Balaban J connectivity index is 2.17. The number of hydrogen-bond donors (Lipinski definition) is 3. The first-order valence-corrected chi connectivity index (χ1v) is 8.65. The number of amides is 3. The van der Waals surface area contributed by atoms with Crippen molar-refractivity contribution in [1.29, 1.82) is 0 Å². The first kappa shape index (κ1) is 17.8. The number of aliphatic carboxylic acids is 1. The fourth-order valence-electron chi connectivity index (χ4n) is 2.46. The lowest BCUT2D eigenvalue weighted by Crippen LogP contribution is -2.46. The lowest BCUT2D eigenvalue weighted by molar-refractivity contribution is -0.137. The number of thioether (sulfide) groups is 1. The molecule has 3 amide bonds. The number of hydrogen-bond acceptors (Lipinski definition) is 4. The zero-order chi connectivity index (χ0) is 15.7. The summed E-state index contributed by atoms with van der Waals surface area (Å²) in [6.45, 7) is 0. The van der Waals surface area contributed by atoms with Gasteiger partial charge in [-0.1, -0.05) is 6.42 Å². The van der Waals surface area contributed by atoms with Crippen molar-refractivity contribution in [2.45, 2.75) is 62.7 Å². The highest BCUT2D eigenvalue weighted by Crippen LogP contribution is 2.26. The van der Waals surface area contributed by atoms with E-state index < -0.39 is 12.0 Å². The van der Waals surface area contributed by atoms with Crippen molar-refractivity contribution in [2.24, 2.45) is 0 Å². The molecule has 2 atom stereocenters. The van der Waals surface area contributed by atoms with E-state index in [-0.39, 0.29) is 24.8 Å². The Bertz CT molecular complexity index is 376. The third kappa shape index (κ3) is 7.94. The quantitative estimate of drug-likeness (QED) is 0.625. The van der Waals surface area contributed by atoms with Crippen LogP contribution in [0.1, 0.15) is 51.4 Å². The van der Waals surface area contributed by atoms with E-state index in [1.165, 1.54) is 6.42 Å². The van der Waals surface area contributed by atoms with Crippen LogP contribution in [0.4, 0.5) is 4.79 Å². The number of nitrogens with one attached hydrogen (secondary N) is 2. The molecular weight excluding hydrogens is 292 g/mol. The van der Waals surface area contributed by atoms with Crippen LogP contribution in [0.15, 0.2) is 0 Å². The van der Waals surface area contributed by atoms with E-state index in [1.807, 2.05) is 11.8 Å². The van der Waals surface area contributed by atoms with Crippen LogP contribution >= 0.6 is 11.8 Å². The minimum atomic E-state index is -0.867. The molecule has 0 aromatic carbocycles. The maximum atomic E-state index is 11.7. The molecule has 7 heteroatoms. The van der Waals surface area contributed by atoms with Gasteiger partial charge in [0.05, 0.1) is 0 Å². The van der Waals surface area contributed by atoms with Gasteiger partial charge >= 0.3 is 12.0 Å². The van der Waals surface area contributed by atoms with E-state index in [4.69, 9.17) is 5.11 Å². The molecule has 1 saturated carbocycles. The number of unbranched alkanes of at least 4 members (excludes halogenated alkanes) is 1. The second-order valence-corrected chi connectivity index (χ2v) is 6.48. The number of carboxylic acid groups (broad SMARTS) is 1. The number of carboxylic acids is 1. The number of carbonyl (C=O) groups is 3. The second kappa shape index (κ2) is 9.65. The molecule has 0 saturated heterocycles. The van der Waals surface area contributed by atoms with Crippen molar-refractivity contribution in [3.05, 3.63) is 0 Å². The SMILES string of the molecule is CSC1CCCC(NC(=O)NC(=O)CCCCC(=O)O)C1. The molecule has 21 heavy (non-hydrogen) atoms. The molecule has 0 spiro atoms. The lowest BCUT2D eigenvalue weighted by atomic mass is 9.95. The zero-order valence-corrected chi connectivity index (χ0v) is 13.2. The Morgan fingerprint density at radius 1 is 1.19 bits per heavy atom. The minimum Gasteiger partial charge on any atom is -0.481 e.